The molecule has 0 amide bonds. The summed E-state index contributed by atoms with van der Waals surface area (Å²) >= 11 is 3.12. The van der Waals surface area contributed by atoms with Crippen LogP contribution in [-0.4, -0.2) is 19.8 Å². The van der Waals surface area contributed by atoms with E-state index in [1.54, 1.807) is 6.07 Å². The molecule has 0 aliphatic carbocycles. The van der Waals surface area contributed by atoms with Crippen LogP contribution in [0.4, 0.5) is 10.1 Å². The van der Waals surface area contributed by atoms with Gasteiger partial charge in [0, 0.05) is 17.6 Å². The second-order valence-corrected chi connectivity index (χ2v) is 5.14. The molecule has 1 saturated heterocycles. The van der Waals surface area contributed by atoms with Gasteiger partial charge in [0.2, 0.25) is 0 Å². The maximum atomic E-state index is 13.2. The summed E-state index contributed by atoms with van der Waals surface area (Å²) in [6, 6.07) is 5.06. The van der Waals surface area contributed by atoms with Gasteiger partial charge in [0.1, 0.15) is 5.82 Å². The van der Waals surface area contributed by atoms with Crippen molar-refractivity contribution in [3.8, 4) is 0 Å². The van der Waals surface area contributed by atoms with Crippen LogP contribution < -0.4 is 5.32 Å². The van der Waals surface area contributed by atoms with Crippen LogP contribution in [0.15, 0.2) is 22.7 Å². The number of hydrogen-bond acceptors (Lipinski definition) is 2. The average molecular weight is 274 g/mol. The van der Waals surface area contributed by atoms with Crippen LogP contribution in [-0.2, 0) is 4.74 Å². The van der Waals surface area contributed by atoms with Gasteiger partial charge in [-0.05, 0) is 34.1 Å². The van der Waals surface area contributed by atoms with Gasteiger partial charge in [-0.2, -0.15) is 0 Å². The second-order valence-electron chi connectivity index (χ2n) is 4.29. The van der Waals surface area contributed by atoms with E-state index in [4.69, 9.17) is 4.74 Å². The Labute approximate surface area is 96.9 Å². The zero-order chi connectivity index (χ0) is 10.9. The van der Waals surface area contributed by atoms with Crippen molar-refractivity contribution >= 4 is 21.6 Å². The molecular weight excluding hydrogens is 261 g/mol. The molecular formula is C11H13BrFNO. The van der Waals surface area contributed by atoms with Crippen molar-refractivity contribution in [3.05, 3.63) is 28.5 Å². The Kier molecular flexibility index (Phi) is 2.98. The summed E-state index contributed by atoms with van der Waals surface area (Å²) < 4.78 is 18.8. The van der Waals surface area contributed by atoms with E-state index in [1.807, 2.05) is 6.07 Å². The van der Waals surface area contributed by atoms with Gasteiger partial charge in [-0.1, -0.05) is 6.92 Å². The molecule has 1 aromatic rings. The molecule has 1 N–H and O–H groups in total. The highest BCUT2D eigenvalue weighted by atomic mass is 79.9. The lowest BCUT2D eigenvalue weighted by molar-refractivity contribution is -0.0924. The number of benzene rings is 1. The standard InChI is InChI=1S/C11H13BrFNO/c1-11(6-15-7-11)5-14-8-2-3-9(12)10(13)4-8/h2-4,14H,5-7H2,1H3. The fourth-order valence-electron chi connectivity index (χ4n) is 1.47. The molecule has 0 aromatic heterocycles. The zero-order valence-corrected chi connectivity index (χ0v) is 10.1. The number of ether oxygens (including phenoxy) is 1. The third-order valence-corrected chi connectivity index (χ3v) is 3.18. The summed E-state index contributed by atoms with van der Waals surface area (Å²) in [5, 5.41) is 3.21. The molecule has 4 heteroatoms. The van der Waals surface area contributed by atoms with Gasteiger partial charge < -0.3 is 10.1 Å². The highest BCUT2D eigenvalue weighted by Gasteiger charge is 2.32. The number of halogens is 2. The topological polar surface area (TPSA) is 21.3 Å². The zero-order valence-electron chi connectivity index (χ0n) is 8.52. The molecule has 0 spiro atoms. The number of rotatable bonds is 3. The van der Waals surface area contributed by atoms with Crippen molar-refractivity contribution in [1.82, 2.24) is 0 Å². The third-order valence-electron chi connectivity index (χ3n) is 2.54. The molecule has 1 fully saturated rings. The van der Waals surface area contributed by atoms with E-state index in [-0.39, 0.29) is 11.2 Å². The largest absolute Gasteiger partial charge is 0.384 e. The van der Waals surface area contributed by atoms with Gasteiger partial charge in [0.05, 0.1) is 17.7 Å². The molecule has 1 heterocycles. The minimum atomic E-state index is -0.241. The monoisotopic (exact) mass is 273 g/mol. The van der Waals surface area contributed by atoms with Crippen LogP contribution in [0.2, 0.25) is 0 Å². The van der Waals surface area contributed by atoms with Crippen molar-refractivity contribution in [3.63, 3.8) is 0 Å². The number of nitrogens with one attached hydrogen (secondary N) is 1. The molecule has 2 rings (SSSR count). The minimum absolute atomic E-state index is 0.198. The van der Waals surface area contributed by atoms with E-state index in [2.05, 4.69) is 28.2 Å². The Morgan fingerprint density at radius 3 is 2.80 bits per heavy atom. The fraction of sp³-hybridized carbons (Fsp3) is 0.455. The van der Waals surface area contributed by atoms with E-state index in [0.717, 1.165) is 25.4 Å². The van der Waals surface area contributed by atoms with Gasteiger partial charge in [-0.3, -0.25) is 0 Å². The highest BCUT2D eigenvalue weighted by Crippen LogP contribution is 2.27. The molecule has 15 heavy (non-hydrogen) atoms. The molecule has 1 aromatic carbocycles. The van der Waals surface area contributed by atoms with E-state index in [9.17, 15) is 4.39 Å². The van der Waals surface area contributed by atoms with E-state index in [0.29, 0.717) is 4.47 Å². The summed E-state index contributed by atoms with van der Waals surface area (Å²) in [4.78, 5) is 0. The Bertz CT molecular complexity index is 366. The molecule has 1 aliphatic heterocycles. The van der Waals surface area contributed by atoms with Crippen molar-refractivity contribution in [1.29, 1.82) is 0 Å². The predicted molar refractivity (Wildman–Crippen MR) is 61.5 cm³/mol. The van der Waals surface area contributed by atoms with E-state index >= 15 is 0 Å². The lowest BCUT2D eigenvalue weighted by Gasteiger charge is -2.38. The molecule has 0 radical (unpaired) electrons. The molecule has 0 saturated carbocycles. The first-order chi connectivity index (χ1) is 7.09. The minimum Gasteiger partial charge on any atom is -0.384 e. The Morgan fingerprint density at radius 1 is 1.53 bits per heavy atom. The van der Waals surface area contributed by atoms with Gasteiger partial charge >= 0.3 is 0 Å². The van der Waals surface area contributed by atoms with Crippen LogP contribution in [0.25, 0.3) is 0 Å². The van der Waals surface area contributed by atoms with Crippen LogP contribution in [0.3, 0.4) is 0 Å². The van der Waals surface area contributed by atoms with Gasteiger partial charge in [-0.15, -0.1) is 0 Å². The maximum Gasteiger partial charge on any atom is 0.139 e. The molecule has 2 nitrogen and oxygen atoms in total. The quantitative estimate of drug-likeness (QED) is 0.914. The Hall–Kier alpha value is -0.610. The second kappa shape index (κ2) is 4.10. The number of hydrogen-bond donors (Lipinski definition) is 1. The number of anilines is 1. The Balaban J connectivity index is 1.96. The summed E-state index contributed by atoms with van der Waals surface area (Å²) in [5.74, 6) is -0.241. The maximum absolute atomic E-state index is 13.2. The molecule has 1 aliphatic rings. The predicted octanol–water partition coefficient (Wildman–Crippen LogP) is 3.04. The molecule has 0 atom stereocenters. The van der Waals surface area contributed by atoms with Gasteiger partial charge in [-0.25, -0.2) is 4.39 Å². The van der Waals surface area contributed by atoms with Crippen molar-refractivity contribution in [2.24, 2.45) is 5.41 Å². The van der Waals surface area contributed by atoms with Crippen LogP contribution in [0, 0.1) is 11.2 Å². The van der Waals surface area contributed by atoms with Crippen molar-refractivity contribution in [2.75, 3.05) is 25.1 Å². The summed E-state index contributed by atoms with van der Waals surface area (Å²) in [6.45, 7) is 4.52. The molecule has 0 unspecified atom stereocenters. The Morgan fingerprint density at radius 2 is 2.27 bits per heavy atom. The van der Waals surface area contributed by atoms with Crippen LogP contribution in [0.5, 0.6) is 0 Å². The normalized spacial score (nSPS) is 18.3. The van der Waals surface area contributed by atoms with Crippen LogP contribution in [0.1, 0.15) is 6.92 Å². The summed E-state index contributed by atoms with van der Waals surface area (Å²) in [6.07, 6.45) is 0. The smallest absolute Gasteiger partial charge is 0.139 e. The third kappa shape index (κ3) is 2.49. The van der Waals surface area contributed by atoms with Crippen molar-refractivity contribution < 1.29 is 9.13 Å². The first-order valence-electron chi connectivity index (χ1n) is 4.86. The van der Waals surface area contributed by atoms with Crippen molar-refractivity contribution in [2.45, 2.75) is 6.92 Å². The summed E-state index contributed by atoms with van der Waals surface area (Å²) in [5.41, 5.74) is 1.01. The molecule has 0 bridgehead atoms. The van der Waals surface area contributed by atoms with E-state index < -0.39 is 0 Å². The summed E-state index contributed by atoms with van der Waals surface area (Å²) in [7, 11) is 0. The van der Waals surface area contributed by atoms with Crippen LogP contribution >= 0.6 is 15.9 Å². The highest BCUT2D eigenvalue weighted by molar-refractivity contribution is 9.10. The first-order valence-corrected chi connectivity index (χ1v) is 5.65. The lowest BCUT2D eigenvalue weighted by atomic mass is 9.89. The molecule has 82 valence electrons. The fourth-order valence-corrected chi connectivity index (χ4v) is 1.72. The van der Waals surface area contributed by atoms with E-state index in [1.165, 1.54) is 6.07 Å². The SMILES string of the molecule is CC1(CNc2ccc(Br)c(F)c2)COC1. The first kappa shape index (κ1) is 10.9. The van der Waals surface area contributed by atoms with Gasteiger partial charge in [0.25, 0.3) is 0 Å². The lowest BCUT2D eigenvalue weighted by Crippen LogP contribution is -2.45. The average Bonchev–Trinajstić information content (AvgIpc) is 2.17. The van der Waals surface area contributed by atoms with Gasteiger partial charge in [0.15, 0.2) is 0 Å².